The highest BCUT2D eigenvalue weighted by molar-refractivity contribution is 5.76. The number of nitrogens with one attached hydrogen (secondary N) is 1. The van der Waals surface area contributed by atoms with Gasteiger partial charge in [0.05, 0.1) is 25.4 Å². The molecule has 1 amide bonds. The van der Waals surface area contributed by atoms with E-state index in [2.05, 4.69) is 31.3 Å². The Morgan fingerprint density at radius 3 is 1.18 bits per heavy atom. The lowest BCUT2D eigenvalue weighted by molar-refractivity contribution is -0.143. The minimum absolute atomic E-state index is 0.000219. The average molecular weight is 848 g/mol. The molecular formula is C54H105NO5. The lowest BCUT2D eigenvalue weighted by atomic mass is 10.0. The van der Waals surface area contributed by atoms with Crippen LogP contribution in [0.25, 0.3) is 0 Å². The monoisotopic (exact) mass is 848 g/mol. The van der Waals surface area contributed by atoms with Gasteiger partial charge in [-0.1, -0.05) is 244 Å². The number of carbonyl (C=O) groups excluding carboxylic acids is 2. The Morgan fingerprint density at radius 1 is 0.450 bits per heavy atom. The molecule has 3 N–H and O–H groups in total. The summed E-state index contributed by atoms with van der Waals surface area (Å²) in [5, 5.41) is 23.2. The van der Waals surface area contributed by atoms with Crippen molar-refractivity contribution in [2.75, 3.05) is 13.2 Å². The van der Waals surface area contributed by atoms with E-state index >= 15 is 0 Å². The van der Waals surface area contributed by atoms with Gasteiger partial charge in [0.1, 0.15) is 0 Å². The van der Waals surface area contributed by atoms with Crippen molar-refractivity contribution in [1.29, 1.82) is 0 Å². The van der Waals surface area contributed by atoms with Crippen LogP contribution in [0.5, 0.6) is 0 Å². The van der Waals surface area contributed by atoms with E-state index in [1.165, 1.54) is 199 Å². The molecule has 0 fully saturated rings. The van der Waals surface area contributed by atoms with E-state index in [0.717, 1.165) is 64.2 Å². The second-order valence-corrected chi connectivity index (χ2v) is 18.6. The molecule has 60 heavy (non-hydrogen) atoms. The molecule has 0 aliphatic carbocycles. The van der Waals surface area contributed by atoms with Crippen LogP contribution in [0.3, 0.4) is 0 Å². The molecule has 6 heteroatoms. The summed E-state index contributed by atoms with van der Waals surface area (Å²) in [6.45, 7) is 4.93. The predicted molar refractivity (Wildman–Crippen MR) is 260 cm³/mol. The van der Waals surface area contributed by atoms with Gasteiger partial charge in [0.15, 0.2) is 0 Å². The first-order chi connectivity index (χ1) is 29.5. The van der Waals surface area contributed by atoms with Gasteiger partial charge in [-0.05, 0) is 51.4 Å². The maximum atomic E-state index is 12.4. The molecule has 0 heterocycles. The first-order valence-corrected chi connectivity index (χ1v) is 26.9. The number of rotatable bonds is 50. The number of esters is 1. The molecule has 0 spiro atoms. The summed E-state index contributed by atoms with van der Waals surface area (Å²) in [6.07, 6.45) is 57.6. The summed E-state index contributed by atoms with van der Waals surface area (Å²) in [5.74, 6) is -0.0516. The van der Waals surface area contributed by atoms with Gasteiger partial charge < -0.3 is 20.3 Å². The number of aliphatic hydroxyl groups excluding tert-OH is 2. The smallest absolute Gasteiger partial charge is 0.305 e. The summed E-state index contributed by atoms with van der Waals surface area (Å²) in [6, 6.07) is -0.551. The Bertz CT molecular complexity index is 893. The van der Waals surface area contributed by atoms with E-state index in [1.54, 1.807) is 0 Å². The van der Waals surface area contributed by atoms with Crippen molar-refractivity contribution < 1.29 is 24.5 Å². The Hall–Kier alpha value is -1.40. The third-order valence-corrected chi connectivity index (χ3v) is 12.6. The van der Waals surface area contributed by atoms with E-state index in [-0.39, 0.29) is 18.5 Å². The number of allylic oxidation sites excluding steroid dienone is 2. The van der Waals surface area contributed by atoms with Crippen molar-refractivity contribution in [3.8, 4) is 0 Å². The molecule has 0 aromatic heterocycles. The van der Waals surface area contributed by atoms with E-state index in [0.29, 0.717) is 25.9 Å². The summed E-state index contributed by atoms with van der Waals surface area (Å²) in [5.41, 5.74) is 0. The zero-order valence-corrected chi connectivity index (χ0v) is 40.5. The normalized spacial score (nSPS) is 12.7. The fraction of sp³-hybridized carbons (Fsp3) is 0.926. The standard InChI is InChI=1S/C54H105NO5/c1-3-5-7-9-11-13-15-17-20-24-28-32-36-40-44-48-54(59)60-49-45-41-37-33-29-25-22-19-18-21-23-27-31-35-39-43-47-53(58)55-51(50-56)52(57)46-42-38-34-30-26-16-14-12-10-8-6-4-2/h18,21,51-52,56-57H,3-17,19-20,22-50H2,1-2H3,(H,55,58)/b21-18-. The van der Waals surface area contributed by atoms with Crippen LogP contribution in [0, 0.1) is 0 Å². The lowest BCUT2D eigenvalue weighted by Crippen LogP contribution is -2.45. The zero-order chi connectivity index (χ0) is 43.7. The van der Waals surface area contributed by atoms with Gasteiger partial charge in [0.2, 0.25) is 5.91 Å². The number of ether oxygens (including phenoxy) is 1. The van der Waals surface area contributed by atoms with Gasteiger partial charge in [0, 0.05) is 12.8 Å². The molecular weight excluding hydrogens is 743 g/mol. The van der Waals surface area contributed by atoms with E-state index < -0.39 is 12.1 Å². The molecule has 0 radical (unpaired) electrons. The highest BCUT2D eigenvalue weighted by Crippen LogP contribution is 2.17. The maximum Gasteiger partial charge on any atom is 0.305 e. The van der Waals surface area contributed by atoms with Crippen LogP contribution in [-0.4, -0.2) is 47.4 Å². The fourth-order valence-corrected chi connectivity index (χ4v) is 8.40. The third-order valence-electron chi connectivity index (χ3n) is 12.6. The largest absolute Gasteiger partial charge is 0.466 e. The van der Waals surface area contributed by atoms with Gasteiger partial charge in [-0.25, -0.2) is 0 Å². The summed E-state index contributed by atoms with van der Waals surface area (Å²) in [7, 11) is 0. The van der Waals surface area contributed by atoms with Crippen LogP contribution < -0.4 is 5.32 Å². The van der Waals surface area contributed by atoms with E-state index in [9.17, 15) is 19.8 Å². The highest BCUT2D eigenvalue weighted by atomic mass is 16.5. The Balaban J connectivity index is 3.44. The molecule has 0 aromatic rings. The quantitative estimate of drug-likeness (QED) is 0.0322. The molecule has 2 atom stereocenters. The van der Waals surface area contributed by atoms with Crippen molar-refractivity contribution in [3.63, 3.8) is 0 Å². The van der Waals surface area contributed by atoms with Crippen LogP contribution in [0.4, 0.5) is 0 Å². The van der Waals surface area contributed by atoms with Crippen molar-refractivity contribution in [1.82, 2.24) is 5.32 Å². The number of unbranched alkanes of at least 4 members (excludes halogenated alkanes) is 37. The molecule has 0 rings (SSSR count). The van der Waals surface area contributed by atoms with Crippen molar-refractivity contribution in [2.24, 2.45) is 0 Å². The van der Waals surface area contributed by atoms with Gasteiger partial charge in [-0.2, -0.15) is 0 Å². The fourth-order valence-electron chi connectivity index (χ4n) is 8.40. The average Bonchev–Trinajstić information content (AvgIpc) is 3.25. The van der Waals surface area contributed by atoms with Crippen LogP contribution in [-0.2, 0) is 14.3 Å². The van der Waals surface area contributed by atoms with Gasteiger partial charge >= 0.3 is 5.97 Å². The van der Waals surface area contributed by atoms with Crippen molar-refractivity contribution in [3.05, 3.63) is 12.2 Å². The minimum Gasteiger partial charge on any atom is -0.466 e. The molecule has 0 aliphatic heterocycles. The van der Waals surface area contributed by atoms with Crippen molar-refractivity contribution in [2.45, 2.75) is 309 Å². The minimum atomic E-state index is -0.672. The summed E-state index contributed by atoms with van der Waals surface area (Å²) < 4.78 is 5.47. The molecule has 0 aliphatic rings. The summed E-state index contributed by atoms with van der Waals surface area (Å²) >= 11 is 0. The number of aliphatic hydroxyl groups is 2. The molecule has 356 valence electrons. The molecule has 0 saturated heterocycles. The second-order valence-electron chi connectivity index (χ2n) is 18.6. The van der Waals surface area contributed by atoms with Crippen LogP contribution in [0.15, 0.2) is 12.2 Å². The Kier molecular flexibility index (Phi) is 49.1. The molecule has 0 aromatic carbocycles. The van der Waals surface area contributed by atoms with E-state index in [4.69, 9.17) is 4.74 Å². The molecule has 0 bridgehead atoms. The first-order valence-electron chi connectivity index (χ1n) is 26.9. The lowest BCUT2D eigenvalue weighted by Gasteiger charge is -2.22. The molecule has 2 unspecified atom stereocenters. The zero-order valence-electron chi connectivity index (χ0n) is 40.5. The number of hydrogen-bond donors (Lipinski definition) is 3. The first kappa shape index (κ1) is 58.6. The highest BCUT2D eigenvalue weighted by Gasteiger charge is 2.20. The predicted octanol–water partition coefficient (Wildman–Crippen LogP) is 16.1. The third kappa shape index (κ3) is 46.1. The van der Waals surface area contributed by atoms with Crippen LogP contribution >= 0.6 is 0 Å². The Labute approximate surface area is 374 Å². The van der Waals surface area contributed by atoms with Crippen LogP contribution in [0.1, 0.15) is 296 Å². The number of carbonyl (C=O) groups is 2. The van der Waals surface area contributed by atoms with Gasteiger partial charge in [-0.3, -0.25) is 9.59 Å². The van der Waals surface area contributed by atoms with Crippen LogP contribution in [0.2, 0.25) is 0 Å². The molecule has 6 nitrogen and oxygen atoms in total. The topological polar surface area (TPSA) is 95.9 Å². The Morgan fingerprint density at radius 2 is 0.783 bits per heavy atom. The summed E-state index contributed by atoms with van der Waals surface area (Å²) in [4.78, 5) is 24.5. The van der Waals surface area contributed by atoms with E-state index in [1.807, 2.05) is 0 Å². The molecule has 0 saturated carbocycles. The maximum absolute atomic E-state index is 12.4. The van der Waals surface area contributed by atoms with Gasteiger partial charge in [0.25, 0.3) is 0 Å². The number of hydrogen-bond acceptors (Lipinski definition) is 5. The second kappa shape index (κ2) is 50.2. The SMILES string of the molecule is CCCCCCCCCCCCCCCCCC(=O)OCCCCCCCCC/C=C\CCCCCCCC(=O)NC(CO)C(O)CCCCCCCCCCCCCC. The van der Waals surface area contributed by atoms with Crippen molar-refractivity contribution >= 4 is 11.9 Å². The number of amides is 1. The van der Waals surface area contributed by atoms with Gasteiger partial charge in [-0.15, -0.1) is 0 Å².